The smallest absolute Gasteiger partial charge is 0.0751 e. The predicted molar refractivity (Wildman–Crippen MR) is 76.4 cm³/mol. The lowest BCUT2D eigenvalue weighted by Gasteiger charge is -2.38. The van der Waals surface area contributed by atoms with Crippen molar-refractivity contribution in [2.24, 2.45) is 29.4 Å². The van der Waals surface area contributed by atoms with Crippen LogP contribution in [-0.4, -0.2) is 18.8 Å². The number of rotatable bonds is 3. The Hall–Kier alpha value is -0.0800. The first-order valence-corrected chi connectivity index (χ1v) is 7.93. The first-order chi connectivity index (χ1) is 8.56. The summed E-state index contributed by atoms with van der Waals surface area (Å²) in [5.74, 6) is 3.08. The summed E-state index contributed by atoms with van der Waals surface area (Å²) >= 11 is 0. The topological polar surface area (TPSA) is 35.2 Å². The zero-order valence-electron chi connectivity index (χ0n) is 12.4. The van der Waals surface area contributed by atoms with E-state index in [1.54, 1.807) is 0 Å². The highest BCUT2D eigenvalue weighted by Gasteiger charge is 2.33. The molecule has 106 valence electrons. The second kappa shape index (κ2) is 6.38. The van der Waals surface area contributed by atoms with Crippen molar-refractivity contribution in [1.82, 2.24) is 0 Å². The zero-order valence-corrected chi connectivity index (χ0v) is 12.4. The molecular weight excluding hydrogens is 222 g/mol. The molecule has 0 aromatic rings. The monoisotopic (exact) mass is 253 g/mol. The fourth-order valence-corrected chi connectivity index (χ4v) is 4.13. The van der Waals surface area contributed by atoms with Gasteiger partial charge in [0.1, 0.15) is 0 Å². The lowest BCUT2D eigenvalue weighted by atomic mass is 9.78. The van der Waals surface area contributed by atoms with Crippen LogP contribution in [0.1, 0.15) is 59.3 Å². The van der Waals surface area contributed by atoms with E-state index >= 15 is 0 Å². The van der Waals surface area contributed by atoms with Gasteiger partial charge in [-0.3, -0.25) is 0 Å². The van der Waals surface area contributed by atoms with Crippen LogP contribution >= 0.6 is 0 Å². The van der Waals surface area contributed by atoms with E-state index in [1.807, 2.05) is 0 Å². The Bertz CT molecular complexity index is 243. The Kier molecular flexibility index (Phi) is 5.08. The molecule has 0 bridgehead atoms. The molecule has 2 heteroatoms. The van der Waals surface area contributed by atoms with Crippen molar-refractivity contribution in [2.45, 2.75) is 71.4 Å². The third-order valence-corrected chi connectivity index (χ3v) is 5.00. The molecule has 2 fully saturated rings. The van der Waals surface area contributed by atoms with E-state index in [0.29, 0.717) is 12.0 Å². The summed E-state index contributed by atoms with van der Waals surface area (Å²) in [6.45, 7) is 7.95. The van der Waals surface area contributed by atoms with E-state index < -0.39 is 0 Å². The van der Waals surface area contributed by atoms with Gasteiger partial charge in [-0.15, -0.1) is 0 Å². The number of hydrogen-bond acceptors (Lipinski definition) is 2. The standard InChI is InChI=1S/C16H31NO/c1-11-5-4-6-14(8-11)10-18-16-13(3)7-12(2)9-15(16)17/h11-16H,4-10,17H2,1-3H3. The van der Waals surface area contributed by atoms with E-state index in [4.69, 9.17) is 10.5 Å². The quantitative estimate of drug-likeness (QED) is 0.834. The first kappa shape index (κ1) is 14.3. The maximum absolute atomic E-state index is 6.28. The lowest BCUT2D eigenvalue weighted by molar-refractivity contribution is -0.0487. The molecule has 0 aliphatic heterocycles. The molecule has 0 spiro atoms. The predicted octanol–water partition coefficient (Wildman–Crippen LogP) is 3.59. The van der Waals surface area contributed by atoms with Crippen molar-refractivity contribution in [3.63, 3.8) is 0 Å². The Morgan fingerprint density at radius 2 is 1.78 bits per heavy atom. The maximum atomic E-state index is 6.28. The third-order valence-electron chi connectivity index (χ3n) is 5.00. The van der Waals surface area contributed by atoms with Gasteiger partial charge in [-0.25, -0.2) is 0 Å². The highest BCUT2D eigenvalue weighted by atomic mass is 16.5. The average molecular weight is 253 g/mol. The van der Waals surface area contributed by atoms with Crippen LogP contribution in [0, 0.1) is 23.7 Å². The molecule has 18 heavy (non-hydrogen) atoms. The molecular formula is C16H31NO. The van der Waals surface area contributed by atoms with Gasteiger partial charge in [0.05, 0.1) is 6.10 Å². The second-order valence-electron chi connectivity index (χ2n) is 7.15. The summed E-state index contributed by atoms with van der Waals surface area (Å²) in [7, 11) is 0. The van der Waals surface area contributed by atoms with Crippen LogP contribution in [0.5, 0.6) is 0 Å². The van der Waals surface area contributed by atoms with Crippen molar-refractivity contribution in [2.75, 3.05) is 6.61 Å². The van der Waals surface area contributed by atoms with Gasteiger partial charge >= 0.3 is 0 Å². The van der Waals surface area contributed by atoms with E-state index in [1.165, 1.54) is 32.1 Å². The van der Waals surface area contributed by atoms with Crippen molar-refractivity contribution in [3.05, 3.63) is 0 Å². The molecule has 6 unspecified atom stereocenters. The van der Waals surface area contributed by atoms with E-state index in [9.17, 15) is 0 Å². The summed E-state index contributed by atoms with van der Waals surface area (Å²) in [5.41, 5.74) is 6.28. The van der Waals surface area contributed by atoms with Crippen LogP contribution in [-0.2, 0) is 4.74 Å². The molecule has 2 aliphatic rings. The number of nitrogens with two attached hydrogens (primary N) is 1. The molecule has 0 radical (unpaired) electrons. The molecule has 2 nitrogen and oxygen atoms in total. The molecule has 2 N–H and O–H groups in total. The Morgan fingerprint density at radius 3 is 2.44 bits per heavy atom. The Labute approximate surface area is 113 Å². The lowest BCUT2D eigenvalue weighted by Crippen LogP contribution is -2.47. The van der Waals surface area contributed by atoms with Gasteiger partial charge in [-0.1, -0.05) is 33.6 Å². The summed E-state index contributed by atoms with van der Waals surface area (Å²) in [6, 6.07) is 0.254. The molecule has 0 amide bonds. The number of hydrogen-bond donors (Lipinski definition) is 1. The second-order valence-corrected chi connectivity index (χ2v) is 7.15. The molecule has 2 saturated carbocycles. The SMILES string of the molecule is CC1CCCC(COC2C(C)CC(C)CC2N)C1. The average Bonchev–Trinajstić information content (AvgIpc) is 2.27. The Balaban J connectivity index is 1.78. The minimum Gasteiger partial charge on any atom is -0.376 e. The summed E-state index contributed by atoms with van der Waals surface area (Å²) in [4.78, 5) is 0. The zero-order chi connectivity index (χ0) is 13.1. The molecule has 2 aliphatic carbocycles. The summed E-state index contributed by atoms with van der Waals surface area (Å²) in [6.07, 6.45) is 8.23. The van der Waals surface area contributed by atoms with Gasteiger partial charge in [-0.05, 0) is 49.4 Å². The Morgan fingerprint density at radius 1 is 1.00 bits per heavy atom. The molecule has 0 aromatic heterocycles. The summed E-state index contributed by atoms with van der Waals surface area (Å²) < 4.78 is 6.22. The first-order valence-electron chi connectivity index (χ1n) is 7.93. The van der Waals surface area contributed by atoms with Crippen LogP contribution in [0.25, 0.3) is 0 Å². The fraction of sp³-hybridized carbons (Fsp3) is 1.00. The fourth-order valence-electron chi connectivity index (χ4n) is 4.13. The molecule has 0 aromatic carbocycles. The van der Waals surface area contributed by atoms with Crippen LogP contribution < -0.4 is 5.73 Å². The molecule has 6 atom stereocenters. The minimum absolute atomic E-state index is 0.254. The number of ether oxygens (including phenoxy) is 1. The van der Waals surface area contributed by atoms with Gasteiger partial charge in [0.2, 0.25) is 0 Å². The molecule has 2 rings (SSSR count). The minimum atomic E-state index is 0.254. The van der Waals surface area contributed by atoms with Crippen LogP contribution in [0.3, 0.4) is 0 Å². The maximum Gasteiger partial charge on any atom is 0.0751 e. The van der Waals surface area contributed by atoms with Crippen molar-refractivity contribution in [3.8, 4) is 0 Å². The van der Waals surface area contributed by atoms with E-state index in [-0.39, 0.29) is 6.04 Å². The van der Waals surface area contributed by atoms with Gasteiger partial charge in [-0.2, -0.15) is 0 Å². The summed E-state index contributed by atoms with van der Waals surface area (Å²) in [5, 5.41) is 0. The third kappa shape index (κ3) is 3.71. The highest BCUT2D eigenvalue weighted by Crippen LogP contribution is 2.33. The van der Waals surface area contributed by atoms with Gasteiger partial charge in [0.25, 0.3) is 0 Å². The molecule has 0 heterocycles. The highest BCUT2D eigenvalue weighted by molar-refractivity contribution is 4.86. The van der Waals surface area contributed by atoms with Crippen LogP contribution in [0.2, 0.25) is 0 Å². The van der Waals surface area contributed by atoms with Gasteiger partial charge in [0.15, 0.2) is 0 Å². The molecule has 0 saturated heterocycles. The van der Waals surface area contributed by atoms with Gasteiger partial charge < -0.3 is 10.5 Å². The van der Waals surface area contributed by atoms with Crippen LogP contribution in [0.15, 0.2) is 0 Å². The van der Waals surface area contributed by atoms with Crippen molar-refractivity contribution >= 4 is 0 Å². The van der Waals surface area contributed by atoms with E-state index in [0.717, 1.165) is 30.8 Å². The van der Waals surface area contributed by atoms with Gasteiger partial charge in [0, 0.05) is 12.6 Å². The van der Waals surface area contributed by atoms with E-state index in [2.05, 4.69) is 20.8 Å². The normalized spacial score (nSPS) is 46.0. The van der Waals surface area contributed by atoms with Crippen molar-refractivity contribution < 1.29 is 4.74 Å². The van der Waals surface area contributed by atoms with Crippen LogP contribution in [0.4, 0.5) is 0 Å². The van der Waals surface area contributed by atoms with Crippen molar-refractivity contribution in [1.29, 1.82) is 0 Å². The largest absolute Gasteiger partial charge is 0.376 e.